The predicted octanol–water partition coefficient (Wildman–Crippen LogP) is 4.61. The summed E-state index contributed by atoms with van der Waals surface area (Å²) in [4.78, 5) is 13.6. The van der Waals surface area contributed by atoms with Crippen LogP contribution in [0.4, 0.5) is 13.2 Å². The lowest BCUT2D eigenvalue weighted by Gasteiger charge is -2.31. The summed E-state index contributed by atoms with van der Waals surface area (Å²) in [5, 5.41) is 0. The fraction of sp³-hybridized carbons (Fsp3) is 0.615. The van der Waals surface area contributed by atoms with Crippen LogP contribution in [-0.2, 0) is 0 Å². The summed E-state index contributed by atoms with van der Waals surface area (Å²) in [6.45, 7) is 1.85. The smallest absolute Gasteiger partial charge is 0.293 e. The summed E-state index contributed by atoms with van der Waals surface area (Å²) >= 11 is 1.29. The second kappa shape index (κ2) is 5.03. The number of Topliss-reactive ketones (excluding diaryl/α,β-unsaturated/α-hetero) is 1. The predicted molar refractivity (Wildman–Crippen MR) is 64.9 cm³/mol. The molecular formula is C13H15F3OS. The molecule has 0 saturated heterocycles. The van der Waals surface area contributed by atoms with E-state index < -0.39 is 18.0 Å². The Morgan fingerprint density at radius 2 is 1.94 bits per heavy atom. The van der Waals surface area contributed by atoms with Crippen molar-refractivity contribution in [3.05, 3.63) is 21.9 Å². The Bertz CT molecular complexity index is 436. The summed E-state index contributed by atoms with van der Waals surface area (Å²) in [5.74, 6) is -2.66. The van der Waals surface area contributed by atoms with Crippen molar-refractivity contribution in [2.24, 2.45) is 11.8 Å². The first kappa shape index (κ1) is 13.6. The van der Waals surface area contributed by atoms with E-state index in [-0.39, 0.29) is 12.2 Å². The normalized spacial score (nSPS) is 25.1. The van der Waals surface area contributed by atoms with E-state index in [4.69, 9.17) is 0 Å². The molecule has 1 aromatic heterocycles. The number of halogens is 3. The molecule has 0 aromatic carbocycles. The van der Waals surface area contributed by atoms with Crippen LogP contribution in [0.2, 0.25) is 0 Å². The Labute approximate surface area is 108 Å². The number of alkyl halides is 3. The molecule has 0 N–H and O–H groups in total. The molecule has 1 aliphatic rings. The van der Waals surface area contributed by atoms with E-state index in [0.717, 1.165) is 4.88 Å². The van der Waals surface area contributed by atoms with Gasteiger partial charge in [0.05, 0.1) is 10.8 Å². The van der Waals surface area contributed by atoms with Gasteiger partial charge in [-0.1, -0.05) is 12.8 Å². The van der Waals surface area contributed by atoms with E-state index >= 15 is 0 Å². The maximum atomic E-state index is 12.9. The molecule has 2 atom stereocenters. The van der Waals surface area contributed by atoms with Gasteiger partial charge in [-0.3, -0.25) is 4.79 Å². The van der Waals surface area contributed by atoms with E-state index in [1.807, 2.05) is 6.92 Å². The van der Waals surface area contributed by atoms with Crippen LogP contribution < -0.4 is 0 Å². The zero-order chi connectivity index (χ0) is 13.3. The molecule has 100 valence electrons. The third kappa shape index (κ3) is 2.76. The van der Waals surface area contributed by atoms with Crippen molar-refractivity contribution in [1.82, 2.24) is 0 Å². The minimum atomic E-state index is -4.26. The lowest BCUT2D eigenvalue weighted by Crippen LogP contribution is -2.37. The van der Waals surface area contributed by atoms with E-state index in [2.05, 4.69) is 0 Å². The lowest BCUT2D eigenvalue weighted by molar-refractivity contribution is -0.190. The van der Waals surface area contributed by atoms with Crippen molar-refractivity contribution in [1.29, 1.82) is 0 Å². The molecule has 0 radical (unpaired) electrons. The molecule has 18 heavy (non-hydrogen) atoms. The van der Waals surface area contributed by atoms with Crippen LogP contribution in [0.3, 0.4) is 0 Å². The maximum absolute atomic E-state index is 12.9. The van der Waals surface area contributed by atoms with E-state index in [9.17, 15) is 18.0 Å². The number of thiophene rings is 1. The SMILES string of the molecule is Cc1ccc(C(=O)C2CCCCC2C(F)(F)F)s1. The van der Waals surface area contributed by atoms with Crippen LogP contribution in [0, 0.1) is 18.8 Å². The highest BCUT2D eigenvalue weighted by Gasteiger charge is 2.48. The average Bonchev–Trinajstić information content (AvgIpc) is 2.74. The topological polar surface area (TPSA) is 17.1 Å². The Morgan fingerprint density at radius 3 is 2.50 bits per heavy atom. The highest BCUT2D eigenvalue weighted by atomic mass is 32.1. The highest BCUT2D eigenvalue weighted by Crippen LogP contribution is 2.43. The number of ketones is 1. The van der Waals surface area contributed by atoms with Gasteiger partial charge < -0.3 is 0 Å². The molecule has 5 heteroatoms. The van der Waals surface area contributed by atoms with Crippen molar-refractivity contribution in [3.63, 3.8) is 0 Å². The van der Waals surface area contributed by atoms with Gasteiger partial charge in [-0.25, -0.2) is 0 Å². The van der Waals surface area contributed by atoms with Gasteiger partial charge in [0.2, 0.25) is 0 Å². The van der Waals surface area contributed by atoms with Gasteiger partial charge in [0.25, 0.3) is 0 Å². The first-order valence-corrected chi connectivity index (χ1v) is 6.88. The Kier molecular flexibility index (Phi) is 3.80. The number of rotatable bonds is 2. The summed E-state index contributed by atoms with van der Waals surface area (Å²) in [6, 6.07) is 3.42. The Balaban J connectivity index is 2.21. The standard InChI is InChI=1S/C13H15F3OS/c1-8-6-7-11(18-8)12(17)9-4-2-3-5-10(9)13(14,15)16/h6-7,9-10H,2-5H2,1H3. The number of carbonyl (C=O) groups is 1. The second-order valence-electron chi connectivity index (χ2n) is 4.81. The quantitative estimate of drug-likeness (QED) is 0.721. The van der Waals surface area contributed by atoms with Crippen molar-refractivity contribution >= 4 is 17.1 Å². The Morgan fingerprint density at radius 1 is 1.28 bits per heavy atom. The van der Waals surface area contributed by atoms with Gasteiger partial charge in [-0.2, -0.15) is 13.2 Å². The first-order chi connectivity index (χ1) is 8.39. The number of hydrogen-bond donors (Lipinski definition) is 0. The lowest BCUT2D eigenvalue weighted by atomic mass is 9.76. The molecule has 1 heterocycles. The summed E-state index contributed by atoms with van der Waals surface area (Å²) in [6.07, 6.45) is -2.53. The average molecular weight is 276 g/mol. The zero-order valence-electron chi connectivity index (χ0n) is 10.1. The fourth-order valence-corrected chi connectivity index (χ4v) is 3.46. The molecule has 0 bridgehead atoms. The van der Waals surface area contributed by atoms with E-state index in [1.165, 1.54) is 11.3 Å². The molecule has 1 nitrogen and oxygen atoms in total. The number of hydrogen-bond acceptors (Lipinski definition) is 2. The van der Waals surface area contributed by atoms with Crippen molar-refractivity contribution in [2.75, 3.05) is 0 Å². The van der Waals surface area contributed by atoms with Crippen LogP contribution >= 0.6 is 11.3 Å². The first-order valence-electron chi connectivity index (χ1n) is 6.07. The van der Waals surface area contributed by atoms with Crippen LogP contribution in [0.1, 0.15) is 40.2 Å². The number of aryl methyl sites for hydroxylation is 1. The second-order valence-corrected chi connectivity index (χ2v) is 6.10. The highest BCUT2D eigenvalue weighted by molar-refractivity contribution is 7.14. The molecule has 1 saturated carbocycles. The molecule has 1 aromatic rings. The van der Waals surface area contributed by atoms with E-state index in [0.29, 0.717) is 24.1 Å². The molecular weight excluding hydrogens is 261 g/mol. The molecule has 2 unspecified atom stereocenters. The fourth-order valence-electron chi connectivity index (χ4n) is 2.59. The van der Waals surface area contributed by atoms with Crippen molar-refractivity contribution in [2.45, 2.75) is 38.8 Å². The zero-order valence-corrected chi connectivity index (χ0v) is 10.9. The van der Waals surface area contributed by atoms with Gasteiger partial charge in [0.15, 0.2) is 5.78 Å². The molecule has 1 aliphatic carbocycles. The van der Waals surface area contributed by atoms with Crippen LogP contribution in [0.5, 0.6) is 0 Å². The molecule has 1 fully saturated rings. The molecule has 0 amide bonds. The van der Waals surface area contributed by atoms with Gasteiger partial charge in [0, 0.05) is 10.8 Å². The van der Waals surface area contributed by atoms with Crippen LogP contribution in [0.15, 0.2) is 12.1 Å². The van der Waals surface area contributed by atoms with Crippen LogP contribution in [-0.4, -0.2) is 12.0 Å². The maximum Gasteiger partial charge on any atom is 0.392 e. The molecule has 2 rings (SSSR count). The van der Waals surface area contributed by atoms with Crippen molar-refractivity contribution < 1.29 is 18.0 Å². The third-order valence-corrected chi connectivity index (χ3v) is 4.52. The molecule has 0 aliphatic heterocycles. The third-order valence-electron chi connectivity index (χ3n) is 3.51. The van der Waals surface area contributed by atoms with Crippen molar-refractivity contribution in [3.8, 4) is 0 Å². The minimum absolute atomic E-state index is 0.0876. The summed E-state index contributed by atoms with van der Waals surface area (Å²) < 4.78 is 38.8. The largest absolute Gasteiger partial charge is 0.392 e. The van der Waals surface area contributed by atoms with Gasteiger partial charge >= 0.3 is 6.18 Å². The van der Waals surface area contributed by atoms with Gasteiger partial charge in [0.1, 0.15) is 0 Å². The van der Waals surface area contributed by atoms with E-state index in [1.54, 1.807) is 12.1 Å². The molecule has 0 spiro atoms. The monoisotopic (exact) mass is 276 g/mol. The Hall–Kier alpha value is -0.840. The van der Waals surface area contributed by atoms with Gasteiger partial charge in [-0.05, 0) is 31.9 Å². The summed E-state index contributed by atoms with van der Waals surface area (Å²) in [7, 11) is 0. The summed E-state index contributed by atoms with van der Waals surface area (Å²) in [5.41, 5.74) is 0. The number of carbonyl (C=O) groups excluding carboxylic acids is 1. The minimum Gasteiger partial charge on any atom is -0.293 e. The van der Waals surface area contributed by atoms with Crippen LogP contribution in [0.25, 0.3) is 0 Å². The van der Waals surface area contributed by atoms with Gasteiger partial charge in [-0.15, -0.1) is 11.3 Å².